The van der Waals surface area contributed by atoms with Crippen molar-refractivity contribution in [1.82, 2.24) is 9.88 Å². The predicted molar refractivity (Wildman–Crippen MR) is 124 cm³/mol. The lowest BCUT2D eigenvalue weighted by molar-refractivity contribution is -0.132. The number of nitrogens with two attached hydrogens (primary N) is 1. The zero-order valence-corrected chi connectivity index (χ0v) is 19.8. The molecule has 2 N–H and O–H groups in total. The molecule has 1 fully saturated rings. The van der Waals surface area contributed by atoms with Crippen molar-refractivity contribution < 1.29 is 23.0 Å². The molecule has 0 saturated carbocycles. The first kappa shape index (κ1) is 24.3. The van der Waals surface area contributed by atoms with Crippen molar-refractivity contribution >= 4 is 23.5 Å². The second-order valence-electron chi connectivity index (χ2n) is 8.78. The Labute approximate surface area is 201 Å². The maximum absolute atomic E-state index is 13.1. The van der Waals surface area contributed by atoms with Crippen LogP contribution in [0.4, 0.5) is 8.78 Å². The van der Waals surface area contributed by atoms with Crippen molar-refractivity contribution in [2.24, 2.45) is 10.7 Å². The maximum atomic E-state index is 13.1. The van der Waals surface area contributed by atoms with Crippen molar-refractivity contribution in [2.45, 2.75) is 57.7 Å². The summed E-state index contributed by atoms with van der Waals surface area (Å²) in [6, 6.07) is 8.80. The number of hydrogen-bond donors (Lipinski definition) is 1. The molecule has 2 aliphatic heterocycles. The van der Waals surface area contributed by atoms with Gasteiger partial charge in [-0.3, -0.25) is 9.69 Å². The van der Waals surface area contributed by atoms with E-state index in [0.29, 0.717) is 53.5 Å². The van der Waals surface area contributed by atoms with Crippen molar-refractivity contribution in [3.05, 3.63) is 57.7 Å². The Morgan fingerprint density at radius 3 is 2.68 bits per heavy atom. The van der Waals surface area contributed by atoms with Crippen molar-refractivity contribution in [3.8, 4) is 5.88 Å². The van der Waals surface area contributed by atoms with Crippen LogP contribution in [0.1, 0.15) is 48.6 Å². The lowest BCUT2D eigenvalue weighted by Gasteiger charge is -2.40. The lowest BCUT2D eigenvalue weighted by Crippen LogP contribution is -2.55. The highest BCUT2D eigenvalue weighted by Gasteiger charge is 2.41. The third-order valence-electron chi connectivity index (χ3n) is 6.25. The number of carbonyl (C=O) groups is 1. The van der Waals surface area contributed by atoms with Gasteiger partial charge in [0, 0.05) is 42.0 Å². The molecule has 10 heteroatoms. The smallest absolute Gasteiger partial charge is 0.388 e. The van der Waals surface area contributed by atoms with E-state index >= 15 is 0 Å². The summed E-state index contributed by atoms with van der Waals surface area (Å²) in [5.74, 6) is -0.0777. The Kier molecular flexibility index (Phi) is 7.04. The SMILES string of the molecule is Cc1ccc(Cc2cccc([C@]3(C)CC(=O)N(C4CCOCC4)C(N)=N3)c2Cl)c(OC(F)F)n1. The number of aromatic nitrogens is 1. The van der Waals surface area contributed by atoms with Crippen LogP contribution in [0.2, 0.25) is 5.02 Å². The van der Waals surface area contributed by atoms with E-state index in [1.54, 1.807) is 36.1 Å². The number of halogens is 3. The van der Waals surface area contributed by atoms with Crippen LogP contribution in [0.3, 0.4) is 0 Å². The van der Waals surface area contributed by atoms with Crippen LogP contribution in [0.25, 0.3) is 0 Å². The van der Waals surface area contributed by atoms with Crippen LogP contribution < -0.4 is 10.5 Å². The van der Waals surface area contributed by atoms with E-state index in [1.807, 2.05) is 13.0 Å². The molecule has 1 amide bonds. The van der Waals surface area contributed by atoms with Gasteiger partial charge in [0.25, 0.3) is 0 Å². The van der Waals surface area contributed by atoms with Crippen LogP contribution >= 0.6 is 11.6 Å². The number of carbonyl (C=O) groups excluding carboxylic acids is 1. The molecule has 0 aliphatic carbocycles. The highest BCUT2D eigenvalue weighted by atomic mass is 35.5. The third-order valence-corrected chi connectivity index (χ3v) is 6.69. The van der Waals surface area contributed by atoms with Crippen LogP contribution in [-0.2, 0) is 21.5 Å². The lowest BCUT2D eigenvalue weighted by atomic mass is 9.85. The number of pyridine rings is 1. The number of benzene rings is 1. The fraction of sp³-hybridized carbons (Fsp3) is 0.458. The molecule has 7 nitrogen and oxygen atoms in total. The summed E-state index contributed by atoms with van der Waals surface area (Å²) < 4.78 is 35.8. The van der Waals surface area contributed by atoms with Gasteiger partial charge in [-0.1, -0.05) is 35.9 Å². The number of hydrogen-bond acceptors (Lipinski definition) is 6. The molecule has 0 bridgehead atoms. The maximum Gasteiger partial charge on any atom is 0.388 e. The Morgan fingerprint density at radius 2 is 2.00 bits per heavy atom. The first-order valence-corrected chi connectivity index (χ1v) is 11.5. The zero-order chi connectivity index (χ0) is 24.5. The fourth-order valence-corrected chi connectivity index (χ4v) is 4.96. The molecule has 1 aromatic carbocycles. The molecule has 3 heterocycles. The minimum absolute atomic E-state index is 0.0290. The van der Waals surface area contributed by atoms with Crippen LogP contribution in [0.5, 0.6) is 5.88 Å². The van der Waals surface area contributed by atoms with E-state index in [4.69, 9.17) is 27.1 Å². The minimum Gasteiger partial charge on any atom is -0.417 e. The van der Waals surface area contributed by atoms with E-state index in [-0.39, 0.29) is 36.6 Å². The van der Waals surface area contributed by atoms with Gasteiger partial charge in [0.2, 0.25) is 11.8 Å². The summed E-state index contributed by atoms with van der Waals surface area (Å²) in [6.07, 6.45) is 1.75. The minimum atomic E-state index is -2.99. The molecule has 1 saturated heterocycles. The Hall–Kier alpha value is -2.78. The summed E-state index contributed by atoms with van der Waals surface area (Å²) in [7, 11) is 0. The molecule has 1 atom stereocenters. The highest BCUT2D eigenvalue weighted by Crippen LogP contribution is 2.40. The number of amides is 1. The van der Waals surface area contributed by atoms with Crippen molar-refractivity contribution in [1.29, 1.82) is 0 Å². The molecular formula is C24H27ClF2N4O3. The summed E-state index contributed by atoms with van der Waals surface area (Å²) in [5.41, 5.74) is 7.69. The van der Waals surface area contributed by atoms with Crippen LogP contribution in [0.15, 0.2) is 35.3 Å². The van der Waals surface area contributed by atoms with E-state index in [1.165, 1.54) is 0 Å². The summed E-state index contributed by atoms with van der Waals surface area (Å²) in [4.78, 5) is 23.5. The highest BCUT2D eigenvalue weighted by molar-refractivity contribution is 6.32. The van der Waals surface area contributed by atoms with Gasteiger partial charge in [-0.25, -0.2) is 9.98 Å². The average Bonchev–Trinajstić information content (AvgIpc) is 2.76. The second-order valence-corrected chi connectivity index (χ2v) is 9.16. The van der Waals surface area contributed by atoms with E-state index in [9.17, 15) is 13.6 Å². The number of nitrogens with zero attached hydrogens (tertiary/aromatic N) is 3. The van der Waals surface area contributed by atoms with E-state index < -0.39 is 12.2 Å². The van der Waals surface area contributed by atoms with Gasteiger partial charge in [0.15, 0.2) is 5.96 Å². The van der Waals surface area contributed by atoms with Crippen LogP contribution in [-0.4, -0.2) is 47.6 Å². The molecular weight excluding hydrogens is 466 g/mol. The zero-order valence-electron chi connectivity index (χ0n) is 19.1. The third kappa shape index (κ3) is 5.00. The van der Waals surface area contributed by atoms with Gasteiger partial charge in [0.1, 0.15) is 0 Å². The standard InChI is InChI=1S/C24H27ClF2N4O3/c1-14-6-7-16(21(29-14)34-22(26)27)12-15-4-3-5-18(20(15)25)24(2)13-19(32)31(23(28)30-24)17-8-10-33-11-9-17/h3-7,17,22H,8-13H2,1-2H3,(H2,28,30)/t24-/m0/s1. The van der Waals surface area contributed by atoms with Crippen LogP contribution in [0, 0.1) is 6.92 Å². The van der Waals surface area contributed by atoms with Crippen molar-refractivity contribution in [2.75, 3.05) is 13.2 Å². The second kappa shape index (κ2) is 9.84. The number of aryl methyl sites for hydroxylation is 1. The number of alkyl halides is 2. The summed E-state index contributed by atoms with van der Waals surface area (Å²) in [5, 5.41) is 0.400. The number of rotatable bonds is 6. The quantitative estimate of drug-likeness (QED) is 0.653. The van der Waals surface area contributed by atoms with Gasteiger partial charge in [0.05, 0.1) is 12.0 Å². The van der Waals surface area contributed by atoms with Crippen molar-refractivity contribution in [3.63, 3.8) is 0 Å². The first-order chi connectivity index (χ1) is 16.2. The van der Waals surface area contributed by atoms with Gasteiger partial charge in [-0.15, -0.1) is 0 Å². The molecule has 34 heavy (non-hydrogen) atoms. The largest absolute Gasteiger partial charge is 0.417 e. The van der Waals surface area contributed by atoms with E-state index in [0.717, 1.165) is 0 Å². The van der Waals surface area contributed by atoms with E-state index in [2.05, 4.69) is 9.72 Å². The Morgan fingerprint density at radius 1 is 1.26 bits per heavy atom. The number of ether oxygens (including phenoxy) is 2. The topological polar surface area (TPSA) is 90.0 Å². The molecule has 182 valence electrons. The first-order valence-electron chi connectivity index (χ1n) is 11.1. The molecule has 0 spiro atoms. The average molecular weight is 493 g/mol. The predicted octanol–water partition coefficient (Wildman–Crippen LogP) is 4.18. The molecule has 4 rings (SSSR count). The van der Waals surface area contributed by atoms with Gasteiger partial charge in [-0.2, -0.15) is 8.78 Å². The molecule has 0 unspecified atom stereocenters. The van der Waals surface area contributed by atoms with Gasteiger partial charge < -0.3 is 15.2 Å². The summed E-state index contributed by atoms with van der Waals surface area (Å²) >= 11 is 6.79. The number of aliphatic imine (C=N–C) groups is 1. The Bertz CT molecular complexity index is 1110. The molecule has 2 aliphatic rings. The molecule has 1 aromatic heterocycles. The number of guanidine groups is 1. The fourth-order valence-electron chi connectivity index (χ4n) is 4.56. The normalized spacial score (nSPS) is 21.6. The Balaban J connectivity index is 1.65. The summed E-state index contributed by atoms with van der Waals surface area (Å²) in [6.45, 7) is 1.69. The monoisotopic (exact) mass is 492 g/mol. The van der Waals surface area contributed by atoms with Gasteiger partial charge >= 0.3 is 6.61 Å². The molecule has 2 aromatic rings. The molecule has 0 radical (unpaired) electrons. The van der Waals surface area contributed by atoms with Gasteiger partial charge in [-0.05, 0) is 43.9 Å².